The Balaban J connectivity index is 2.18. The minimum atomic E-state index is -0.0858. The lowest BCUT2D eigenvalue weighted by atomic mass is 9.98. The molecule has 2 N–H and O–H groups in total. The Morgan fingerprint density at radius 3 is 2.78 bits per heavy atom. The van der Waals surface area contributed by atoms with E-state index in [2.05, 4.69) is 20.9 Å². The third kappa shape index (κ3) is 3.31. The van der Waals surface area contributed by atoms with Crippen LogP contribution in [0.15, 0.2) is 41.0 Å². The summed E-state index contributed by atoms with van der Waals surface area (Å²) in [6.45, 7) is 2.04. The molecule has 0 aliphatic carbocycles. The van der Waals surface area contributed by atoms with Crippen molar-refractivity contribution >= 4 is 27.5 Å². The average molecular weight is 326 g/mol. The van der Waals surface area contributed by atoms with Gasteiger partial charge in [0.2, 0.25) is 0 Å². The van der Waals surface area contributed by atoms with Gasteiger partial charge in [0.15, 0.2) is 0 Å². The molecule has 2 rings (SSSR count). The summed E-state index contributed by atoms with van der Waals surface area (Å²) >= 11 is 9.37. The monoisotopic (exact) mass is 324 g/mol. The van der Waals surface area contributed by atoms with E-state index >= 15 is 0 Å². The van der Waals surface area contributed by atoms with E-state index < -0.39 is 0 Å². The van der Waals surface area contributed by atoms with E-state index in [0.717, 1.165) is 26.3 Å². The maximum atomic E-state index is 6.22. The number of pyridine rings is 1. The van der Waals surface area contributed by atoms with Crippen molar-refractivity contribution in [1.29, 1.82) is 0 Å². The van der Waals surface area contributed by atoms with E-state index in [1.807, 2.05) is 37.3 Å². The van der Waals surface area contributed by atoms with Gasteiger partial charge in [-0.3, -0.25) is 4.98 Å². The molecule has 1 unspecified atom stereocenters. The smallest absolute Gasteiger partial charge is 0.0423 e. The van der Waals surface area contributed by atoms with Crippen molar-refractivity contribution < 1.29 is 0 Å². The molecule has 0 saturated carbocycles. The number of hydrogen-bond acceptors (Lipinski definition) is 2. The lowest BCUT2D eigenvalue weighted by molar-refractivity contribution is 0.701. The van der Waals surface area contributed by atoms with E-state index in [1.54, 1.807) is 6.20 Å². The molecule has 4 heteroatoms. The summed E-state index contributed by atoms with van der Waals surface area (Å²) in [7, 11) is 0. The SMILES string of the molecule is Cc1ccc(Cl)cc1C(N)Cc1ccc(Br)cn1. The van der Waals surface area contributed by atoms with Gasteiger partial charge >= 0.3 is 0 Å². The molecule has 0 fully saturated rings. The molecule has 18 heavy (non-hydrogen) atoms. The number of benzene rings is 1. The predicted octanol–water partition coefficient (Wildman–Crippen LogP) is 4.05. The van der Waals surface area contributed by atoms with Crippen LogP contribution in [0.5, 0.6) is 0 Å². The molecule has 0 aliphatic rings. The van der Waals surface area contributed by atoms with Crippen molar-refractivity contribution in [2.75, 3.05) is 0 Å². The van der Waals surface area contributed by atoms with Gasteiger partial charge in [0.25, 0.3) is 0 Å². The third-order valence-corrected chi connectivity index (χ3v) is 3.56. The fourth-order valence-electron chi connectivity index (χ4n) is 1.87. The maximum absolute atomic E-state index is 6.22. The van der Waals surface area contributed by atoms with Crippen molar-refractivity contribution in [2.45, 2.75) is 19.4 Å². The van der Waals surface area contributed by atoms with E-state index in [0.29, 0.717) is 6.42 Å². The minimum Gasteiger partial charge on any atom is -0.324 e. The van der Waals surface area contributed by atoms with E-state index in [4.69, 9.17) is 17.3 Å². The number of nitrogens with two attached hydrogens (primary N) is 1. The zero-order chi connectivity index (χ0) is 13.1. The number of hydrogen-bond donors (Lipinski definition) is 1. The van der Waals surface area contributed by atoms with Gasteiger partial charge in [-0.05, 0) is 58.2 Å². The van der Waals surface area contributed by atoms with Crippen LogP contribution in [-0.4, -0.2) is 4.98 Å². The molecular formula is C14H14BrClN2. The van der Waals surface area contributed by atoms with E-state index in [9.17, 15) is 0 Å². The molecule has 1 atom stereocenters. The summed E-state index contributed by atoms with van der Waals surface area (Å²) in [4.78, 5) is 4.34. The molecule has 0 spiro atoms. The van der Waals surface area contributed by atoms with Crippen LogP contribution in [0.25, 0.3) is 0 Å². The first-order valence-corrected chi connectivity index (χ1v) is 6.85. The zero-order valence-corrected chi connectivity index (χ0v) is 12.4. The Hall–Kier alpha value is -0.900. The molecule has 0 radical (unpaired) electrons. The Bertz CT molecular complexity index is 540. The molecule has 2 aromatic rings. The van der Waals surface area contributed by atoms with Crippen molar-refractivity contribution in [2.24, 2.45) is 5.73 Å². The predicted molar refractivity (Wildman–Crippen MR) is 78.8 cm³/mol. The van der Waals surface area contributed by atoms with Crippen molar-refractivity contribution in [1.82, 2.24) is 4.98 Å². The highest BCUT2D eigenvalue weighted by Gasteiger charge is 2.11. The standard InChI is InChI=1S/C14H14BrClN2/c1-9-2-4-11(16)6-13(9)14(17)7-12-5-3-10(15)8-18-12/h2-6,8,14H,7,17H2,1H3. The van der Waals surface area contributed by atoms with Crippen LogP contribution in [0.3, 0.4) is 0 Å². The summed E-state index contributed by atoms with van der Waals surface area (Å²) in [5, 5.41) is 0.717. The molecule has 1 heterocycles. The fourth-order valence-corrected chi connectivity index (χ4v) is 2.29. The van der Waals surface area contributed by atoms with Crippen LogP contribution in [-0.2, 0) is 6.42 Å². The first kappa shape index (κ1) is 13.5. The van der Waals surface area contributed by atoms with Crippen molar-refractivity contribution in [3.63, 3.8) is 0 Å². The van der Waals surface area contributed by atoms with Crippen LogP contribution >= 0.6 is 27.5 Å². The number of aryl methyl sites for hydroxylation is 1. The number of aromatic nitrogens is 1. The van der Waals surface area contributed by atoms with E-state index in [1.165, 1.54) is 0 Å². The fraction of sp³-hybridized carbons (Fsp3) is 0.214. The van der Waals surface area contributed by atoms with Crippen molar-refractivity contribution in [3.8, 4) is 0 Å². The topological polar surface area (TPSA) is 38.9 Å². The lowest BCUT2D eigenvalue weighted by Crippen LogP contribution is -2.15. The van der Waals surface area contributed by atoms with Crippen LogP contribution in [0.2, 0.25) is 5.02 Å². The number of rotatable bonds is 3. The van der Waals surface area contributed by atoms with Crippen LogP contribution in [0, 0.1) is 6.92 Å². The van der Waals surface area contributed by atoms with Crippen LogP contribution in [0.4, 0.5) is 0 Å². The third-order valence-electron chi connectivity index (χ3n) is 2.86. The molecule has 1 aromatic carbocycles. The highest BCUT2D eigenvalue weighted by molar-refractivity contribution is 9.10. The van der Waals surface area contributed by atoms with E-state index in [-0.39, 0.29) is 6.04 Å². The van der Waals surface area contributed by atoms with Crippen LogP contribution in [0.1, 0.15) is 22.9 Å². The molecule has 0 aliphatic heterocycles. The van der Waals surface area contributed by atoms with Gasteiger partial charge in [-0.2, -0.15) is 0 Å². The second-order valence-electron chi connectivity index (χ2n) is 4.28. The summed E-state index contributed by atoms with van der Waals surface area (Å²) in [6.07, 6.45) is 2.49. The Morgan fingerprint density at radius 2 is 2.11 bits per heavy atom. The highest BCUT2D eigenvalue weighted by Crippen LogP contribution is 2.23. The van der Waals surface area contributed by atoms with Gasteiger partial charge in [0.1, 0.15) is 0 Å². The maximum Gasteiger partial charge on any atom is 0.0423 e. The van der Waals surface area contributed by atoms with Gasteiger partial charge in [-0.25, -0.2) is 0 Å². The van der Waals surface area contributed by atoms with Gasteiger partial charge in [-0.15, -0.1) is 0 Å². The summed E-state index contributed by atoms with van der Waals surface area (Å²) in [6, 6.07) is 9.67. The summed E-state index contributed by atoms with van der Waals surface area (Å²) in [5.41, 5.74) is 9.43. The minimum absolute atomic E-state index is 0.0858. The number of halogens is 2. The Labute approximate surface area is 120 Å². The normalized spacial score (nSPS) is 12.4. The molecule has 0 bridgehead atoms. The van der Waals surface area contributed by atoms with Gasteiger partial charge < -0.3 is 5.73 Å². The largest absolute Gasteiger partial charge is 0.324 e. The molecule has 1 aromatic heterocycles. The van der Waals surface area contributed by atoms with Crippen molar-refractivity contribution in [3.05, 3.63) is 62.8 Å². The summed E-state index contributed by atoms with van der Waals surface area (Å²) < 4.78 is 0.971. The summed E-state index contributed by atoms with van der Waals surface area (Å²) in [5.74, 6) is 0. The molecular weight excluding hydrogens is 312 g/mol. The zero-order valence-electron chi connectivity index (χ0n) is 10.0. The molecule has 0 saturated heterocycles. The molecule has 0 amide bonds. The van der Waals surface area contributed by atoms with Gasteiger partial charge in [0.05, 0.1) is 0 Å². The quantitative estimate of drug-likeness (QED) is 0.924. The Kier molecular flexibility index (Phi) is 4.38. The van der Waals surface area contributed by atoms with Gasteiger partial charge in [-0.1, -0.05) is 17.7 Å². The Morgan fingerprint density at radius 1 is 1.33 bits per heavy atom. The first-order valence-electron chi connectivity index (χ1n) is 5.68. The second kappa shape index (κ2) is 5.83. The lowest BCUT2D eigenvalue weighted by Gasteiger charge is -2.14. The number of nitrogens with zero attached hydrogens (tertiary/aromatic N) is 1. The average Bonchev–Trinajstić information content (AvgIpc) is 2.35. The first-order chi connectivity index (χ1) is 8.56. The molecule has 94 valence electrons. The van der Waals surface area contributed by atoms with Crippen LogP contribution < -0.4 is 5.73 Å². The molecule has 2 nitrogen and oxygen atoms in total. The highest BCUT2D eigenvalue weighted by atomic mass is 79.9. The van der Waals surface area contributed by atoms with Gasteiger partial charge in [0, 0.05) is 33.8 Å². The second-order valence-corrected chi connectivity index (χ2v) is 5.63.